The number of piperidine rings is 1. The number of carbonyl (C=O) groups excluding carboxylic acids is 1. The van der Waals surface area contributed by atoms with Crippen LogP contribution in [0.4, 0.5) is 16.3 Å². The van der Waals surface area contributed by atoms with Gasteiger partial charge >= 0.3 is 6.09 Å². The van der Waals surface area contributed by atoms with Gasteiger partial charge in [0.05, 0.1) is 20.3 Å². The molecule has 10 heteroatoms. The van der Waals surface area contributed by atoms with Gasteiger partial charge in [0.1, 0.15) is 11.8 Å². The molecule has 9 nitrogen and oxygen atoms in total. The lowest BCUT2D eigenvalue weighted by Gasteiger charge is -2.32. The van der Waals surface area contributed by atoms with Gasteiger partial charge in [0.25, 0.3) is 0 Å². The largest absolute Gasteiger partial charge is 0.490 e. The Balaban J connectivity index is 1.69. The lowest BCUT2D eigenvalue weighted by atomic mass is 10.1. The number of rotatable bonds is 10. The number of hydrogen-bond acceptors (Lipinski definition) is 9. The number of anilines is 2. The van der Waals surface area contributed by atoms with E-state index in [1.165, 1.54) is 0 Å². The Labute approximate surface area is 205 Å². The number of amides is 1. The second kappa shape index (κ2) is 12.5. The minimum atomic E-state index is -0.275. The summed E-state index contributed by atoms with van der Waals surface area (Å²) in [5.41, 5.74) is 1.66. The van der Waals surface area contributed by atoms with E-state index in [1.54, 1.807) is 43.1 Å². The van der Waals surface area contributed by atoms with E-state index >= 15 is 0 Å². The van der Waals surface area contributed by atoms with E-state index in [0.29, 0.717) is 54.8 Å². The van der Waals surface area contributed by atoms with E-state index < -0.39 is 0 Å². The molecule has 34 heavy (non-hydrogen) atoms. The van der Waals surface area contributed by atoms with Crippen LogP contribution in [-0.4, -0.2) is 72.5 Å². The van der Waals surface area contributed by atoms with Crippen LogP contribution < -0.4 is 19.5 Å². The first kappa shape index (κ1) is 25.7. The Bertz CT molecular complexity index is 951. The molecule has 186 valence electrons. The summed E-state index contributed by atoms with van der Waals surface area (Å²) in [6.45, 7) is 4.86. The summed E-state index contributed by atoms with van der Waals surface area (Å²) in [4.78, 5) is 22.9. The minimum absolute atomic E-state index is 0.0424. The summed E-state index contributed by atoms with van der Waals surface area (Å²) < 4.78 is 22.7. The molecule has 0 bridgehead atoms. The average Bonchev–Trinajstić information content (AvgIpc) is 2.83. The maximum Gasteiger partial charge on any atom is 0.410 e. The Morgan fingerprint density at radius 3 is 2.62 bits per heavy atom. The Hall–Kier alpha value is -2.88. The van der Waals surface area contributed by atoms with E-state index in [2.05, 4.69) is 21.5 Å². The van der Waals surface area contributed by atoms with Gasteiger partial charge in [-0.05, 0) is 44.4 Å². The van der Waals surface area contributed by atoms with Gasteiger partial charge in [-0.25, -0.2) is 14.8 Å². The van der Waals surface area contributed by atoms with Crippen molar-refractivity contribution in [1.29, 1.82) is 0 Å². The second-order valence-electron chi connectivity index (χ2n) is 8.15. The quantitative estimate of drug-likeness (QED) is 0.515. The summed E-state index contributed by atoms with van der Waals surface area (Å²) in [6.07, 6.45) is 5.58. The molecule has 1 amide bonds. The van der Waals surface area contributed by atoms with Crippen molar-refractivity contribution in [2.75, 3.05) is 44.6 Å². The summed E-state index contributed by atoms with van der Waals surface area (Å²) >= 11 is 1.78. The third-order valence-corrected chi connectivity index (χ3v) is 5.94. The van der Waals surface area contributed by atoms with Crippen molar-refractivity contribution in [3.63, 3.8) is 0 Å². The molecule has 1 aliphatic heterocycles. The van der Waals surface area contributed by atoms with Gasteiger partial charge in [-0.2, -0.15) is 11.8 Å². The Morgan fingerprint density at radius 2 is 1.97 bits per heavy atom. The molecule has 1 saturated heterocycles. The van der Waals surface area contributed by atoms with E-state index in [4.69, 9.17) is 18.9 Å². The molecule has 0 saturated carbocycles. The molecular weight excluding hydrogens is 456 g/mol. The van der Waals surface area contributed by atoms with Gasteiger partial charge in [0, 0.05) is 43.9 Å². The Morgan fingerprint density at radius 1 is 1.21 bits per heavy atom. The summed E-state index contributed by atoms with van der Waals surface area (Å²) in [5, 5.41) is 3.27. The monoisotopic (exact) mass is 490 g/mol. The molecular formula is C24H34N4O5S. The van der Waals surface area contributed by atoms with Crippen LogP contribution in [0, 0.1) is 0 Å². The molecule has 0 aliphatic carbocycles. The van der Waals surface area contributed by atoms with Gasteiger partial charge in [-0.3, -0.25) is 0 Å². The van der Waals surface area contributed by atoms with Crippen molar-refractivity contribution in [3.8, 4) is 17.4 Å². The Kier molecular flexibility index (Phi) is 9.50. The third kappa shape index (κ3) is 6.82. The third-order valence-electron chi connectivity index (χ3n) is 5.33. The molecule has 0 spiro atoms. The van der Waals surface area contributed by atoms with Gasteiger partial charge < -0.3 is 29.2 Å². The predicted octanol–water partition coefficient (Wildman–Crippen LogP) is 4.53. The molecule has 0 unspecified atom stereocenters. The van der Waals surface area contributed by atoms with Crippen LogP contribution in [0.3, 0.4) is 0 Å². The van der Waals surface area contributed by atoms with E-state index in [1.807, 2.05) is 26.0 Å². The van der Waals surface area contributed by atoms with Crippen molar-refractivity contribution in [2.45, 2.75) is 45.3 Å². The standard InChI is InChI=1S/C24H34N4O5S/c1-16(2)32-24(29)28-13-9-18(10-14-28)33-20-8-12-25-22(21(20)30-3)27-19-7-6-17(11-15-34-5)26-23(19)31-4/h6-8,12,16,18H,9-11,13-15H2,1-5H3,(H,25,27). The first-order valence-electron chi connectivity index (χ1n) is 11.4. The number of likely N-dealkylation sites (tertiary alicyclic amines) is 1. The fourth-order valence-electron chi connectivity index (χ4n) is 3.62. The average molecular weight is 491 g/mol. The van der Waals surface area contributed by atoms with Crippen molar-refractivity contribution in [1.82, 2.24) is 14.9 Å². The lowest BCUT2D eigenvalue weighted by Crippen LogP contribution is -2.42. The zero-order valence-corrected chi connectivity index (χ0v) is 21.3. The molecule has 1 N–H and O–H groups in total. The van der Waals surface area contributed by atoms with Crippen molar-refractivity contribution in [2.24, 2.45) is 0 Å². The zero-order valence-electron chi connectivity index (χ0n) is 20.5. The molecule has 3 rings (SSSR count). The molecule has 1 fully saturated rings. The van der Waals surface area contributed by atoms with Crippen LogP contribution in [-0.2, 0) is 11.2 Å². The molecule has 2 aromatic rings. The first-order chi connectivity index (χ1) is 16.4. The number of methoxy groups -OCH3 is 2. The number of thioether (sulfide) groups is 1. The highest BCUT2D eigenvalue weighted by Crippen LogP contribution is 2.37. The highest BCUT2D eigenvalue weighted by Gasteiger charge is 2.26. The number of pyridine rings is 2. The number of nitrogens with zero attached hydrogens (tertiary/aromatic N) is 3. The molecule has 0 aromatic carbocycles. The second-order valence-corrected chi connectivity index (χ2v) is 9.14. The van der Waals surface area contributed by atoms with Crippen molar-refractivity contribution < 1.29 is 23.7 Å². The number of aromatic nitrogens is 2. The van der Waals surface area contributed by atoms with Crippen molar-refractivity contribution >= 4 is 29.4 Å². The number of nitrogens with one attached hydrogen (secondary N) is 1. The van der Waals surface area contributed by atoms with Crippen LogP contribution in [0.5, 0.6) is 17.4 Å². The number of hydrogen-bond donors (Lipinski definition) is 1. The van der Waals surface area contributed by atoms with Gasteiger partial charge in [-0.15, -0.1) is 0 Å². The highest BCUT2D eigenvalue weighted by molar-refractivity contribution is 7.98. The number of carbonyl (C=O) groups is 1. The van der Waals surface area contributed by atoms with Crippen LogP contribution in [0.1, 0.15) is 32.4 Å². The lowest BCUT2D eigenvalue weighted by molar-refractivity contribution is 0.0511. The maximum absolute atomic E-state index is 12.1. The van der Waals surface area contributed by atoms with Crippen molar-refractivity contribution in [3.05, 3.63) is 30.1 Å². The summed E-state index contributed by atoms with van der Waals surface area (Å²) in [7, 11) is 3.18. The predicted molar refractivity (Wildman–Crippen MR) is 134 cm³/mol. The molecule has 0 radical (unpaired) electrons. The van der Waals surface area contributed by atoms with Crippen LogP contribution in [0.25, 0.3) is 0 Å². The SMILES string of the molecule is COc1nc(CCSC)ccc1Nc1nccc(OC2CCN(C(=O)OC(C)C)CC2)c1OC. The summed E-state index contributed by atoms with van der Waals surface area (Å²) in [5.74, 6) is 3.09. The highest BCUT2D eigenvalue weighted by atomic mass is 32.2. The molecule has 2 aromatic heterocycles. The minimum Gasteiger partial charge on any atom is -0.490 e. The van der Waals surface area contributed by atoms with Crippen LogP contribution in [0.15, 0.2) is 24.4 Å². The van der Waals surface area contributed by atoms with E-state index in [0.717, 1.165) is 17.9 Å². The smallest absolute Gasteiger partial charge is 0.410 e. The van der Waals surface area contributed by atoms with Crippen LogP contribution >= 0.6 is 11.8 Å². The zero-order chi connectivity index (χ0) is 24.5. The topological polar surface area (TPSA) is 95.0 Å². The van der Waals surface area contributed by atoms with E-state index in [9.17, 15) is 4.79 Å². The fraction of sp³-hybridized carbons (Fsp3) is 0.542. The molecule has 1 aliphatic rings. The summed E-state index contributed by atoms with van der Waals surface area (Å²) in [6, 6.07) is 5.69. The number of ether oxygens (including phenoxy) is 4. The molecule has 0 atom stereocenters. The van der Waals surface area contributed by atoms with Gasteiger partial charge in [-0.1, -0.05) is 0 Å². The van der Waals surface area contributed by atoms with Gasteiger partial charge in [0.15, 0.2) is 11.6 Å². The molecule has 3 heterocycles. The van der Waals surface area contributed by atoms with Crippen LogP contribution in [0.2, 0.25) is 0 Å². The van der Waals surface area contributed by atoms with Gasteiger partial charge in [0.2, 0.25) is 11.6 Å². The first-order valence-corrected chi connectivity index (χ1v) is 12.8. The van der Waals surface area contributed by atoms with E-state index in [-0.39, 0.29) is 18.3 Å². The fourth-order valence-corrected chi connectivity index (χ4v) is 4.04. The number of aryl methyl sites for hydroxylation is 1. The maximum atomic E-state index is 12.1. The normalized spacial score (nSPS) is 14.1.